The zero-order valence-electron chi connectivity index (χ0n) is 20.0. The van der Waals surface area contributed by atoms with Crippen molar-refractivity contribution in [3.8, 4) is 17.7 Å². The summed E-state index contributed by atoms with van der Waals surface area (Å²) >= 11 is 0. The molecule has 12 nitrogen and oxygen atoms in total. The minimum absolute atomic E-state index is 0.0527. The quantitative estimate of drug-likeness (QED) is 0.306. The summed E-state index contributed by atoms with van der Waals surface area (Å²) in [5.41, 5.74) is 9.91. The molecule has 4 N–H and O–H groups in total. The topological polar surface area (TPSA) is 169 Å². The van der Waals surface area contributed by atoms with Gasteiger partial charge in [-0.3, -0.25) is 14.8 Å². The van der Waals surface area contributed by atoms with E-state index in [-0.39, 0.29) is 23.5 Å². The summed E-state index contributed by atoms with van der Waals surface area (Å²) in [6.07, 6.45) is 6.66. The van der Waals surface area contributed by atoms with Crippen LogP contribution in [0.2, 0.25) is 0 Å². The van der Waals surface area contributed by atoms with Crippen LogP contribution in [0.3, 0.4) is 0 Å². The van der Waals surface area contributed by atoms with Gasteiger partial charge < -0.3 is 25.5 Å². The Labute approximate surface area is 211 Å². The molecule has 0 aliphatic carbocycles. The van der Waals surface area contributed by atoms with E-state index >= 15 is 0 Å². The molecule has 0 saturated carbocycles. The van der Waals surface area contributed by atoms with Gasteiger partial charge in [0.2, 0.25) is 5.88 Å². The van der Waals surface area contributed by atoms with Crippen LogP contribution in [0.5, 0.6) is 11.6 Å². The molecule has 5 aromatic rings. The number of imidazole rings is 1. The second-order valence-electron chi connectivity index (χ2n) is 8.40. The minimum Gasteiger partial charge on any atom is -0.434 e. The molecule has 4 heterocycles. The number of nitrogens with two attached hydrogens (primary N) is 1. The predicted molar refractivity (Wildman–Crippen MR) is 136 cm³/mol. The molecule has 0 aliphatic heterocycles. The molecular formula is C25H22N10O2. The van der Waals surface area contributed by atoms with Gasteiger partial charge in [0.25, 0.3) is 5.91 Å². The lowest BCUT2D eigenvalue weighted by atomic mass is 10.1. The molecule has 4 aromatic heterocycles. The van der Waals surface area contributed by atoms with Crippen molar-refractivity contribution >= 4 is 34.0 Å². The van der Waals surface area contributed by atoms with E-state index in [1.807, 2.05) is 26.1 Å². The van der Waals surface area contributed by atoms with Crippen molar-refractivity contribution in [3.05, 3.63) is 72.1 Å². The Morgan fingerprint density at radius 2 is 1.97 bits per heavy atom. The van der Waals surface area contributed by atoms with Gasteiger partial charge in [-0.2, -0.15) is 5.26 Å². The second kappa shape index (κ2) is 9.84. The number of pyridine rings is 1. The molecule has 0 radical (unpaired) electrons. The maximum atomic E-state index is 13.3. The van der Waals surface area contributed by atoms with E-state index in [1.54, 1.807) is 41.2 Å². The van der Waals surface area contributed by atoms with Crippen LogP contribution in [0.1, 0.15) is 28.7 Å². The second-order valence-corrected chi connectivity index (χ2v) is 8.40. The highest BCUT2D eigenvalue weighted by atomic mass is 16.5. The van der Waals surface area contributed by atoms with Crippen molar-refractivity contribution < 1.29 is 9.53 Å². The normalized spacial score (nSPS) is 11.7. The van der Waals surface area contributed by atoms with Crippen LogP contribution >= 0.6 is 0 Å². The third-order valence-corrected chi connectivity index (χ3v) is 5.35. The molecular weight excluding hydrogens is 472 g/mol. The Morgan fingerprint density at radius 3 is 2.70 bits per heavy atom. The van der Waals surface area contributed by atoms with Gasteiger partial charge in [-0.05, 0) is 32.0 Å². The minimum atomic E-state index is -0.371. The van der Waals surface area contributed by atoms with Crippen molar-refractivity contribution in [2.75, 3.05) is 17.2 Å². The summed E-state index contributed by atoms with van der Waals surface area (Å²) < 4.78 is 7.65. The molecule has 1 amide bonds. The largest absolute Gasteiger partial charge is 0.434 e. The molecule has 0 bridgehead atoms. The zero-order chi connectivity index (χ0) is 25.9. The van der Waals surface area contributed by atoms with Crippen molar-refractivity contribution in [1.29, 1.82) is 5.26 Å². The van der Waals surface area contributed by atoms with Gasteiger partial charge >= 0.3 is 0 Å². The molecule has 37 heavy (non-hydrogen) atoms. The van der Waals surface area contributed by atoms with Crippen LogP contribution in [0, 0.1) is 18.3 Å². The van der Waals surface area contributed by atoms with Gasteiger partial charge in [0.05, 0.1) is 22.6 Å². The molecule has 1 atom stereocenters. The lowest BCUT2D eigenvalue weighted by Gasteiger charge is -2.14. The number of hydrogen-bond acceptors (Lipinski definition) is 10. The number of carbonyl (C=O) groups excluding carboxylic acids is 1. The maximum Gasteiger partial charge on any atom is 0.257 e. The highest BCUT2D eigenvalue weighted by Crippen LogP contribution is 2.29. The lowest BCUT2D eigenvalue weighted by Crippen LogP contribution is -2.25. The van der Waals surface area contributed by atoms with Crippen molar-refractivity contribution in [2.24, 2.45) is 5.73 Å². The number of aryl methyl sites for hydroxylation is 1. The van der Waals surface area contributed by atoms with Crippen LogP contribution in [-0.2, 0) is 0 Å². The number of ether oxygens (including phenoxy) is 1. The van der Waals surface area contributed by atoms with E-state index in [1.165, 1.54) is 12.1 Å². The first-order valence-corrected chi connectivity index (χ1v) is 11.4. The van der Waals surface area contributed by atoms with Crippen LogP contribution < -0.4 is 21.1 Å². The molecule has 0 spiro atoms. The number of nitrogens with one attached hydrogen (secondary N) is 2. The number of aromatic nitrogens is 6. The first kappa shape index (κ1) is 23.6. The van der Waals surface area contributed by atoms with E-state index < -0.39 is 0 Å². The highest BCUT2D eigenvalue weighted by molar-refractivity contribution is 6.13. The average molecular weight is 495 g/mol. The van der Waals surface area contributed by atoms with Crippen molar-refractivity contribution in [3.63, 3.8) is 0 Å². The molecule has 12 heteroatoms. The van der Waals surface area contributed by atoms with Gasteiger partial charge in [-0.15, -0.1) is 10.2 Å². The fourth-order valence-corrected chi connectivity index (χ4v) is 3.73. The Kier molecular flexibility index (Phi) is 6.27. The predicted octanol–water partition coefficient (Wildman–Crippen LogP) is 3.05. The molecule has 1 aromatic carbocycles. The van der Waals surface area contributed by atoms with E-state index in [2.05, 4.69) is 35.8 Å². The molecule has 0 saturated heterocycles. The zero-order valence-corrected chi connectivity index (χ0v) is 20.0. The fourth-order valence-electron chi connectivity index (χ4n) is 3.73. The van der Waals surface area contributed by atoms with Crippen LogP contribution in [0.15, 0.2) is 55.1 Å². The third-order valence-electron chi connectivity index (χ3n) is 5.35. The number of hydrogen-bond donors (Lipinski definition) is 3. The summed E-state index contributed by atoms with van der Waals surface area (Å²) in [4.78, 5) is 26.7. The lowest BCUT2D eigenvalue weighted by molar-refractivity contribution is 0.102. The number of rotatable bonds is 7. The Hall–Kier alpha value is -5.15. The van der Waals surface area contributed by atoms with Gasteiger partial charge in [-0.25, -0.2) is 4.98 Å². The average Bonchev–Trinajstić information content (AvgIpc) is 3.28. The number of nitriles is 1. The molecule has 5 rings (SSSR count). The van der Waals surface area contributed by atoms with Crippen LogP contribution in [0.4, 0.5) is 11.4 Å². The summed E-state index contributed by atoms with van der Waals surface area (Å²) in [7, 11) is 0. The molecule has 0 fully saturated rings. The number of amides is 1. The van der Waals surface area contributed by atoms with E-state index in [4.69, 9.17) is 15.7 Å². The van der Waals surface area contributed by atoms with E-state index in [0.29, 0.717) is 40.2 Å². The Bertz CT molecular complexity index is 1650. The first-order valence-electron chi connectivity index (χ1n) is 11.4. The monoisotopic (exact) mass is 494 g/mol. The van der Waals surface area contributed by atoms with Crippen molar-refractivity contribution in [2.45, 2.75) is 19.9 Å². The smallest absolute Gasteiger partial charge is 0.257 e. The highest BCUT2D eigenvalue weighted by Gasteiger charge is 2.17. The number of fused-ring (bicyclic) bond motifs is 2. The molecule has 0 aliphatic rings. The Balaban J connectivity index is 1.47. The van der Waals surface area contributed by atoms with E-state index in [9.17, 15) is 4.79 Å². The van der Waals surface area contributed by atoms with E-state index in [0.717, 1.165) is 11.4 Å². The number of anilines is 2. The number of benzene rings is 1. The standard InChI is InChI=1S/C25H22N10O2/c1-14(27)11-30-19-5-4-18(22-23(19)29-8-7-28-22)25(36)32-17-9-20(24-31-15(2)12-35(24)13-17)37-21-6-3-16(10-26)33-34-21/h3-9,12-14,30H,11,27H2,1-2H3,(H,32,36)/t14-/m1/s1. The number of carbonyl (C=O) groups is 1. The Morgan fingerprint density at radius 1 is 1.16 bits per heavy atom. The SMILES string of the molecule is Cc1cn2cc(NC(=O)c3ccc(NC[C@@H](C)N)c4nccnc34)cc(Oc3ccc(C#N)nn3)c2n1. The maximum absolute atomic E-state index is 13.3. The molecule has 184 valence electrons. The molecule has 0 unspecified atom stereocenters. The first-order chi connectivity index (χ1) is 17.9. The summed E-state index contributed by atoms with van der Waals surface area (Å²) in [6.45, 7) is 4.30. The summed E-state index contributed by atoms with van der Waals surface area (Å²) in [6, 6.07) is 10.0. The fraction of sp³-hybridized carbons (Fsp3) is 0.160. The van der Waals surface area contributed by atoms with Crippen molar-refractivity contribution in [1.82, 2.24) is 29.5 Å². The van der Waals surface area contributed by atoms with Crippen LogP contribution in [0.25, 0.3) is 16.7 Å². The van der Waals surface area contributed by atoms with Gasteiger partial charge in [0, 0.05) is 49.5 Å². The summed E-state index contributed by atoms with van der Waals surface area (Å²) in [5, 5.41) is 22.8. The van der Waals surface area contributed by atoms with Gasteiger partial charge in [0.1, 0.15) is 17.1 Å². The third kappa shape index (κ3) is 4.97. The number of nitrogens with zero attached hydrogens (tertiary/aromatic N) is 7. The van der Waals surface area contributed by atoms with Gasteiger partial charge in [0.15, 0.2) is 17.1 Å². The summed E-state index contributed by atoms with van der Waals surface area (Å²) in [5.74, 6) is 0.163. The van der Waals surface area contributed by atoms with Crippen LogP contribution in [-0.4, -0.2) is 48.0 Å². The van der Waals surface area contributed by atoms with Gasteiger partial charge in [-0.1, -0.05) is 0 Å².